The van der Waals surface area contributed by atoms with Gasteiger partial charge in [0.15, 0.2) is 0 Å². The number of carbonyl (C=O) groups excluding carboxylic acids is 5. The normalized spacial score (nSPS) is 34.9. The van der Waals surface area contributed by atoms with E-state index >= 15 is 0 Å². The first kappa shape index (κ1) is 116. The summed E-state index contributed by atoms with van der Waals surface area (Å²) in [7, 11) is 0. The van der Waals surface area contributed by atoms with Gasteiger partial charge in [-0.2, -0.15) is 0 Å². The molecule has 113 heavy (non-hydrogen) atoms. The third kappa shape index (κ3) is 41.8. The third-order valence-corrected chi connectivity index (χ3v) is 28.1. The van der Waals surface area contributed by atoms with Crippen molar-refractivity contribution in [3.8, 4) is 23.7 Å². The van der Waals surface area contributed by atoms with Crippen molar-refractivity contribution >= 4 is 29.8 Å². The average Bonchev–Trinajstić information content (AvgIpc) is 0.854. The summed E-state index contributed by atoms with van der Waals surface area (Å²) in [6.45, 7) is 18.6. The van der Waals surface area contributed by atoms with Crippen LogP contribution in [0.4, 0.5) is 0 Å². The van der Waals surface area contributed by atoms with Gasteiger partial charge in [-0.05, 0) is 342 Å². The lowest BCUT2D eigenvalue weighted by Gasteiger charge is -2.32. The molecule has 12 aliphatic carbocycles. The van der Waals surface area contributed by atoms with Gasteiger partial charge >= 0.3 is 29.8 Å². The predicted molar refractivity (Wildman–Crippen MR) is 488 cm³/mol. The molecule has 0 amide bonds. The lowest BCUT2D eigenvalue weighted by molar-refractivity contribution is -0.164. The summed E-state index contributed by atoms with van der Waals surface area (Å²) in [6.07, 6.45) is 58.2. The minimum Gasteiger partial charge on any atom is -0.462 e. The second kappa shape index (κ2) is 61.7. The monoisotopic (exact) mass is 1590 g/mol. The van der Waals surface area contributed by atoms with E-state index in [9.17, 15) is 24.0 Å². The first-order valence-corrected chi connectivity index (χ1v) is 43.8. The van der Waals surface area contributed by atoms with E-state index in [0.717, 1.165) is 264 Å². The number of rotatable bonds is 13. The van der Waals surface area contributed by atoms with Crippen molar-refractivity contribution in [3.05, 3.63) is 0 Å². The maximum absolute atomic E-state index is 12.4. The Morgan fingerprint density at radius 2 is 0.310 bits per heavy atom. The summed E-state index contributed by atoms with van der Waals surface area (Å²) >= 11 is 0. The van der Waals surface area contributed by atoms with Crippen molar-refractivity contribution in [2.45, 2.75) is 496 Å². The van der Waals surface area contributed by atoms with Gasteiger partial charge in [0, 0.05) is 23.7 Å². The van der Waals surface area contributed by atoms with E-state index in [0.29, 0.717) is 11.8 Å². The van der Waals surface area contributed by atoms with Crippen molar-refractivity contribution in [1.29, 1.82) is 0 Å². The number of ether oxygens (including phenoxy) is 5. The summed E-state index contributed by atoms with van der Waals surface area (Å²) in [5.41, 5.74) is 0. The van der Waals surface area contributed by atoms with Crippen LogP contribution in [0.1, 0.15) is 466 Å². The molecule has 0 aliphatic heterocycles. The molecule has 0 spiro atoms. The molecule has 0 aromatic heterocycles. The van der Waals surface area contributed by atoms with Crippen molar-refractivity contribution < 1.29 is 47.7 Å². The molecule has 12 fully saturated rings. The Bertz CT molecular complexity index is 2420. The van der Waals surface area contributed by atoms with E-state index < -0.39 is 0 Å². The standard InChI is InChI=1S/C24H40.C23H36O2.2C22H36O4.12CH4/c1-19-3-7-21(8-4-19)11-13-23-15-17-24(18-16-23)14-12-22-9-5-20(2)6-10-22;1-17-3-7-19(8-4-17)9-10-20-11-13-21(14-12-20)23(24)25-22-15-5-18(2)6-16-22;1-15-3-11-19(12-4-15)25-21(23)17-7-9-18(10-8-17)22(24)26-20-13-5-16(2)6-14-20;1-15-3-7-17(8-4-15)21(23)25-19-11-13-20(14-12-19)26-22(24)18-9-5-16(2)6-10-18;;;;;;;;;;;;/h19-24H,3-11,13,15-18H2,1-2H3;17-22H,3-8,11-16H2,1-2H3;2*15-20H,3-14H2,1-2H3;12*1H4. The van der Waals surface area contributed by atoms with Gasteiger partial charge in [0.25, 0.3) is 0 Å². The number of hydrogen-bond acceptors (Lipinski definition) is 10. The highest BCUT2D eigenvalue weighted by Gasteiger charge is 2.38. The van der Waals surface area contributed by atoms with Crippen molar-refractivity contribution in [2.24, 2.45) is 112 Å². The SMILES string of the molecule is C.C.C.C.C.C.C.C.C.C.C.C.CC1CCC(C#CC2CCC(C(=O)OC3CCC(C)CC3)CC2)CC1.CC1CCC(C#CC2CCC(CCC3CCC(C)CC3)CC2)CC1.CC1CCC(C(=O)OC2CCC(OC(=O)C3CCC(C)CC3)CC2)CC1.CC1CCC(OC(=O)C2CCC(C(=O)OC3CCC(C)CC3)CC2)CC1. The van der Waals surface area contributed by atoms with Gasteiger partial charge in [-0.15, -0.1) is 0 Å². The second-order valence-corrected chi connectivity index (χ2v) is 37.2. The van der Waals surface area contributed by atoms with Crippen LogP contribution in [-0.2, 0) is 47.7 Å². The smallest absolute Gasteiger partial charge is 0.309 e. The van der Waals surface area contributed by atoms with Gasteiger partial charge in [-0.3, -0.25) is 24.0 Å². The van der Waals surface area contributed by atoms with Crippen molar-refractivity contribution in [2.75, 3.05) is 0 Å². The minimum absolute atomic E-state index is 0. The molecule has 10 nitrogen and oxygen atoms in total. The Labute approximate surface area is 705 Å². The molecule has 12 rings (SSSR count). The first-order chi connectivity index (χ1) is 48.8. The van der Waals surface area contributed by atoms with Gasteiger partial charge < -0.3 is 23.7 Å². The number of hydrogen-bond donors (Lipinski definition) is 0. The van der Waals surface area contributed by atoms with Gasteiger partial charge in [-0.1, -0.05) is 207 Å². The van der Waals surface area contributed by atoms with Gasteiger partial charge in [0.2, 0.25) is 0 Å². The summed E-state index contributed by atoms with van der Waals surface area (Å²) in [6, 6.07) is 0. The molecule has 668 valence electrons. The first-order valence-electron chi connectivity index (χ1n) is 43.8. The average molecular weight is 1590 g/mol. The minimum atomic E-state index is -0.0300. The van der Waals surface area contributed by atoms with E-state index in [2.05, 4.69) is 79.1 Å². The molecule has 0 aromatic rings. The largest absolute Gasteiger partial charge is 0.462 e. The summed E-state index contributed by atoms with van der Waals surface area (Å²) < 4.78 is 28.8. The zero-order valence-electron chi connectivity index (χ0n) is 65.8. The van der Waals surface area contributed by atoms with E-state index in [1.807, 2.05) is 0 Å². The van der Waals surface area contributed by atoms with Gasteiger partial charge in [0.1, 0.15) is 30.5 Å². The second-order valence-electron chi connectivity index (χ2n) is 37.2. The lowest BCUT2D eigenvalue weighted by atomic mass is 9.76. The van der Waals surface area contributed by atoms with E-state index in [-0.39, 0.29) is 179 Å². The molecule has 0 bridgehead atoms. The van der Waals surface area contributed by atoms with Crippen molar-refractivity contribution in [3.63, 3.8) is 0 Å². The van der Waals surface area contributed by atoms with Crippen LogP contribution in [0.15, 0.2) is 0 Å². The molecule has 0 N–H and O–H groups in total. The summed E-state index contributed by atoms with van der Waals surface area (Å²) in [5.74, 6) is 26.2. The highest BCUT2D eigenvalue weighted by molar-refractivity contribution is 5.76. The highest BCUT2D eigenvalue weighted by Crippen LogP contribution is 2.41. The fourth-order valence-corrected chi connectivity index (χ4v) is 19.6. The molecular formula is C103H196O10. The Morgan fingerprint density at radius 1 is 0.186 bits per heavy atom. The molecule has 12 saturated carbocycles. The van der Waals surface area contributed by atoms with E-state index in [1.165, 1.54) is 128 Å². The summed E-state index contributed by atoms with van der Waals surface area (Å²) in [4.78, 5) is 62.0. The van der Waals surface area contributed by atoms with Crippen LogP contribution in [0.3, 0.4) is 0 Å². The topological polar surface area (TPSA) is 132 Å². The lowest BCUT2D eigenvalue weighted by Crippen LogP contribution is -2.34. The van der Waals surface area contributed by atoms with Gasteiger partial charge in [0.05, 0.1) is 29.6 Å². The quantitative estimate of drug-likeness (QED) is 0.0997. The van der Waals surface area contributed by atoms with Crippen LogP contribution in [0.5, 0.6) is 0 Å². The Hall–Kier alpha value is -3.53. The fourth-order valence-electron chi connectivity index (χ4n) is 19.6. The third-order valence-electron chi connectivity index (χ3n) is 28.1. The molecule has 0 aromatic carbocycles. The van der Waals surface area contributed by atoms with Crippen LogP contribution in [-0.4, -0.2) is 60.4 Å². The highest BCUT2D eigenvalue weighted by atomic mass is 16.6. The van der Waals surface area contributed by atoms with Crippen LogP contribution in [0.2, 0.25) is 0 Å². The molecule has 0 heterocycles. The molecule has 0 radical (unpaired) electrons. The molecule has 0 saturated heterocycles. The molecule has 0 atom stereocenters. The van der Waals surface area contributed by atoms with Crippen LogP contribution in [0.25, 0.3) is 0 Å². The number of esters is 5. The van der Waals surface area contributed by atoms with Crippen LogP contribution < -0.4 is 0 Å². The maximum Gasteiger partial charge on any atom is 0.309 e. The van der Waals surface area contributed by atoms with E-state index in [4.69, 9.17) is 23.7 Å². The molecule has 0 unspecified atom stereocenters. The number of carbonyl (C=O) groups is 5. The van der Waals surface area contributed by atoms with Crippen LogP contribution >= 0.6 is 0 Å². The Kier molecular flexibility index (Phi) is 63.2. The molecule has 12 aliphatic rings. The van der Waals surface area contributed by atoms with E-state index in [1.54, 1.807) is 0 Å². The Morgan fingerprint density at radius 3 is 0.513 bits per heavy atom. The fraction of sp³-hybridized carbons (Fsp3) is 0.913. The van der Waals surface area contributed by atoms with Crippen molar-refractivity contribution in [1.82, 2.24) is 0 Å². The molecular weight excluding hydrogens is 1400 g/mol. The predicted octanol–water partition coefficient (Wildman–Crippen LogP) is 30.7. The Balaban J connectivity index is -0.000000677. The summed E-state index contributed by atoms with van der Waals surface area (Å²) in [5, 5.41) is 0. The molecule has 10 heteroatoms. The zero-order chi connectivity index (χ0) is 71.5. The van der Waals surface area contributed by atoms with Gasteiger partial charge in [-0.25, -0.2) is 0 Å². The van der Waals surface area contributed by atoms with Crippen LogP contribution in [0, 0.1) is 136 Å². The zero-order valence-corrected chi connectivity index (χ0v) is 65.8. The maximum atomic E-state index is 12.4.